The van der Waals surface area contributed by atoms with Crippen LogP contribution in [0.15, 0.2) is 36.0 Å². The molecule has 9 nitrogen and oxygen atoms in total. The lowest BCUT2D eigenvalue weighted by Crippen LogP contribution is -2.57. The van der Waals surface area contributed by atoms with Crippen LogP contribution in [0.2, 0.25) is 5.02 Å². The minimum Gasteiger partial charge on any atom is -0.449 e. The molecular formula is C22H19ClFN5O4S. The molecule has 2 aromatic heterocycles. The van der Waals surface area contributed by atoms with Gasteiger partial charge in [-0.2, -0.15) is 0 Å². The Labute approximate surface area is 203 Å². The van der Waals surface area contributed by atoms with Crippen molar-refractivity contribution in [3.63, 3.8) is 0 Å². The molecule has 0 bridgehead atoms. The van der Waals surface area contributed by atoms with E-state index in [9.17, 15) is 14.0 Å². The second kappa shape index (κ2) is 9.61. The van der Waals surface area contributed by atoms with Gasteiger partial charge in [0.2, 0.25) is 0 Å². The summed E-state index contributed by atoms with van der Waals surface area (Å²) in [7, 11) is 0. The summed E-state index contributed by atoms with van der Waals surface area (Å²) in [5.41, 5.74) is 0.640. The van der Waals surface area contributed by atoms with Crippen LogP contribution in [-0.4, -0.2) is 69.1 Å². The Bertz CT molecular complexity index is 1230. The summed E-state index contributed by atoms with van der Waals surface area (Å²) in [5, 5.41) is 2.43. The quantitative estimate of drug-likeness (QED) is 0.384. The average Bonchev–Trinajstić information content (AvgIpc) is 3.36. The van der Waals surface area contributed by atoms with Crippen LogP contribution in [0, 0.1) is 5.82 Å². The number of benzene rings is 1. The van der Waals surface area contributed by atoms with Crippen molar-refractivity contribution in [2.75, 3.05) is 26.2 Å². The Morgan fingerprint density at radius 2 is 2.21 bits per heavy atom. The summed E-state index contributed by atoms with van der Waals surface area (Å²) in [6, 6.07) is 3.57. The third kappa shape index (κ3) is 4.72. The molecule has 2 fully saturated rings. The molecule has 0 N–H and O–H groups in total. The minimum atomic E-state index is -0.700. The van der Waals surface area contributed by atoms with E-state index in [1.54, 1.807) is 11.1 Å². The standard InChI is InChI=1S/C22H19ClFN5O4S/c23-16-9-13(24)1-2-18(16)33-21(30)15-10-26-19(20-25-4-8-34-20)27-17(15)12-28-5-6-29-14(11-28)3-7-32-22(29)31/h1-2,4,8-10,14H,3,5-7,11-12H2. The van der Waals surface area contributed by atoms with E-state index in [0.717, 1.165) is 18.6 Å². The van der Waals surface area contributed by atoms with Crippen LogP contribution in [0.3, 0.4) is 0 Å². The van der Waals surface area contributed by atoms with Crippen molar-refractivity contribution in [3.05, 3.63) is 58.1 Å². The number of thiazole rings is 1. The normalized spacial score (nSPS) is 18.4. The molecule has 4 heterocycles. The Morgan fingerprint density at radius 3 is 3.00 bits per heavy atom. The molecule has 176 valence electrons. The van der Waals surface area contributed by atoms with Gasteiger partial charge in [0, 0.05) is 50.4 Å². The topological polar surface area (TPSA) is 97.7 Å². The van der Waals surface area contributed by atoms with Crippen molar-refractivity contribution in [1.29, 1.82) is 0 Å². The molecule has 1 aromatic carbocycles. The molecule has 1 unspecified atom stereocenters. The number of carbonyl (C=O) groups excluding carboxylic acids is 2. The van der Waals surface area contributed by atoms with Crippen LogP contribution in [-0.2, 0) is 11.3 Å². The number of halogens is 2. The predicted octanol–water partition coefficient (Wildman–Crippen LogP) is 3.64. The van der Waals surface area contributed by atoms with E-state index >= 15 is 0 Å². The summed E-state index contributed by atoms with van der Waals surface area (Å²) in [5.74, 6) is -0.792. The zero-order valence-electron chi connectivity index (χ0n) is 17.8. The second-order valence-corrected chi connectivity index (χ2v) is 9.14. The number of piperazine rings is 1. The monoisotopic (exact) mass is 503 g/mol. The van der Waals surface area contributed by atoms with Crippen LogP contribution in [0.25, 0.3) is 10.8 Å². The maximum absolute atomic E-state index is 13.4. The van der Waals surface area contributed by atoms with Crippen LogP contribution < -0.4 is 4.74 Å². The number of esters is 1. The molecule has 34 heavy (non-hydrogen) atoms. The maximum Gasteiger partial charge on any atom is 0.410 e. The Hall–Kier alpha value is -3.15. The van der Waals surface area contributed by atoms with Gasteiger partial charge < -0.3 is 14.4 Å². The maximum atomic E-state index is 13.4. The van der Waals surface area contributed by atoms with Crippen molar-refractivity contribution in [1.82, 2.24) is 24.8 Å². The molecule has 0 spiro atoms. The zero-order chi connectivity index (χ0) is 23.7. The van der Waals surface area contributed by atoms with Crippen LogP contribution in [0.5, 0.6) is 5.75 Å². The fourth-order valence-corrected chi connectivity index (χ4v) is 4.77. The van der Waals surface area contributed by atoms with Gasteiger partial charge in [-0.05, 0) is 18.2 Å². The summed E-state index contributed by atoms with van der Waals surface area (Å²) in [6.45, 7) is 2.50. The third-order valence-corrected chi connectivity index (χ3v) is 6.72. The fourth-order valence-electron chi connectivity index (χ4n) is 3.99. The van der Waals surface area contributed by atoms with Crippen molar-refractivity contribution >= 4 is 35.0 Å². The van der Waals surface area contributed by atoms with Gasteiger partial charge >= 0.3 is 12.1 Å². The lowest BCUT2D eigenvalue weighted by Gasteiger charge is -2.43. The molecule has 2 aliphatic heterocycles. The number of fused-ring (bicyclic) bond motifs is 1. The van der Waals surface area contributed by atoms with Gasteiger partial charge in [0.15, 0.2) is 10.8 Å². The lowest BCUT2D eigenvalue weighted by molar-refractivity contribution is 0.00410. The van der Waals surface area contributed by atoms with E-state index in [4.69, 9.17) is 21.1 Å². The third-order valence-electron chi connectivity index (χ3n) is 5.66. The molecule has 2 saturated heterocycles. The zero-order valence-corrected chi connectivity index (χ0v) is 19.4. The first kappa shape index (κ1) is 22.6. The molecule has 0 radical (unpaired) electrons. The van der Waals surface area contributed by atoms with Gasteiger partial charge in [-0.25, -0.2) is 28.9 Å². The number of nitrogens with zero attached hydrogens (tertiary/aromatic N) is 5. The molecule has 1 atom stereocenters. The number of amides is 1. The summed E-state index contributed by atoms with van der Waals surface area (Å²) in [4.78, 5) is 42.1. The van der Waals surface area contributed by atoms with E-state index in [-0.39, 0.29) is 28.5 Å². The largest absolute Gasteiger partial charge is 0.449 e. The summed E-state index contributed by atoms with van der Waals surface area (Å²) in [6.07, 6.45) is 3.52. The number of hydrogen-bond donors (Lipinski definition) is 0. The Kier molecular flexibility index (Phi) is 6.40. The number of rotatable bonds is 5. The number of ether oxygens (including phenoxy) is 2. The van der Waals surface area contributed by atoms with Gasteiger partial charge in [0.05, 0.1) is 23.4 Å². The molecule has 3 aromatic rings. The van der Waals surface area contributed by atoms with Crippen LogP contribution >= 0.6 is 22.9 Å². The molecule has 12 heteroatoms. The SMILES string of the molecule is O=C(Oc1ccc(F)cc1Cl)c1cnc(-c2nccs2)nc1CN1CCN2C(=O)OCCC2C1. The van der Waals surface area contributed by atoms with E-state index in [1.807, 2.05) is 5.38 Å². The lowest BCUT2D eigenvalue weighted by atomic mass is 10.1. The number of carbonyl (C=O) groups is 2. The molecular weight excluding hydrogens is 485 g/mol. The number of hydrogen-bond acceptors (Lipinski definition) is 9. The van der Waals surface area contributed by atoms with E-state index in [2.05, 4.69) is 19.9 Å². The van der Waals surface area contributed by atoms with E-state index in [0.29, 0.717) is 49.3 Å². The highest BCUT2D eigenvalue weighted by Crippen LogP contribution is 2.27. The van der Waals surface area contributed by atoms with Crippen molar-refractivity contribution < 1.29 is 23.5 Å². The van der Waals surface area contributed by atoms with Crippen molar-refractivity contribution in [3.8, 4) is 16.6 Å². The minimum absolute atomic E-state index is 0.0180. The summed E-state index contributed by atoms with van der Waals surface area (Å²) >= 11 is 7.41. The van der Waals surface area contributed by atoms with Crippen LogP contribution in [0.1, 0.15) is 22.5 Å². The first-order chi connectivity index (χ1) is 16.5. The summed E-state index contributed by atoms with van der Waals surface area (Å²) < 4.78 is 23.9. The first-order valence-corrected chi connectivity index (χ1v) is 11.8. The average molecular weight is 504 g/mol. The first-order valence-electron chi connectivity index (χ1n) is 10.6. The van der Waals surface area contributed by atoms with Gasteiger partial charge in [0.1, 0.15) is 17.1 Å². The highest BCUT2D eigenvalue weighted by Gasteiger charge is 2.35. The molecule has 0 saturated carbocycles. The molecule has 0 aliphatic carbocycles. The van der Waals surface area contributed by atoms with E-state index < -0.39 is 11.8 Å². The molecule has 5 rings (SSSR count). The van der Waals surface area contributed by atoms with Gasteiger partial charge in [-0.1, -0.05) is 11.6 Å². The highest BCUT2D eigenvalue weighted by molar-refractivity contribution is 7.13. The van der Waals surface area contributed by atoms with Crippen LogP contribution in [0.4, 0.5) is 9.18 Å². The van der Waals surface area contributed by atoms with Crippen molar-refractivity contribution in [2.45, 2.75) is 19.0 Å². The van der Waals surface area contributed by atoms with E-state index in [1.165, 1.54) is 23.6 Å². The fraction of sp³-hybridized carbons (Fsp3) is 0.318. The predicted molar refractivity (Wildman–Crippen MR) is 121 cm³/mol. The Morgan fingerprint density at radius 1 is 1.32 bits per heavy atom. The molecule has 1 amide bonds. The molecule has 2 aliphatic rings. The second-order valence-electron chi connectivity index (χ2n) is 7.84. The van der Waals surface area contributed by atoms with Gasteiger partial charge in [0.25, 0.3) is 0 Å². The highest BCUT2D eigenvalue weighted by atomic mass is 35.5. The Balaban J connectivity index is 1.41. The van der Waals surface area contributed by atoms with Gasteiger partial charge in [-0.3, -0.25) is 4.90 Å². The van der Waals surface area contributed by atoms with Crippen molar-refractivity contribution in [2.24, 2.45) is 0 Å². The number of aromatic nitrogens is 3. The van der Waals surface area contributed by atoms with Gasteiger partial charge in [-0.15, -0.1) is 11.3 Å². The smallest absolute Gasteiger partial charge is 0.410 e. The number of cyclic esters (lactones) is 1.